The summed E-state index contributed by atoms with van der Waals surface area (Å²) in [7, 11) is -7.92. The third-order valence-electron chi connectivity index (χ3n) is 10.7. The second-order valence-electron chi connectivity index (χ2n) is 14.7. The van der Waals surface area contributed by atoms with Crippen LogP contribution in [0.3, 0.4) is 0 Å². The first-order valence-electron chi connectivity index (χ1n) is 18.9. The van der Waals surface area contributed by atoms with Crippen molar-refractivity contribution in [3.05, 3.63) is 127 Å². The summed E-state index contributed by atoms with van der Waals surface area (Å²) in [5, 5.41) is 2.35. The summed E-state index contributed by atoms with van der Waals surface area (Å²) in [5.74, 6) is -0.622. The van der Waals surface area contributed by atoms with Crippen LogP contribution in [0.1, 0.15) is 82.3 Å². The number of ether oxygens (including phenoxy) is 1. The number of benzene rings is 4. The van der Waals surface area contributed by atoms with Gasteiger partial charge in [0.15, 0.2) is 11.6 Å². The molecule has 1 saturated heterocycles. The van der Waals surface area contributed by atoms with Crippen molar-refractivity contribution in [1.82, 2.24) is 7.94 Å². The van der Waals surface area contributed by atoms with Crippen LogP contribution < -0.4 is 0 Å². The first kappa shape index (κ1) is 42.4. The predicted molar refractivity (Wildman–Crippen MR) is 231 cm³/mol. The molecule has 0 bridgehead atoms. The summed E-state index contributed by atoms with van der Waals surface area (Å²) in [5.41, 5.74) is 4.42. The molecule has 3 aliphatic rings. The van der Waals surface area contributed by atoms with Crippen LogP contribution in [-0.4, -0.2) is 49.6 Å². The Morgan fingerprint density at radius 1 is 0.586 bits per heavy atom. The molecule has 9 nitrogen and oxygen atoms in total. The van der Waals surface area contributed by atoms with E-state index in [2.05, 4.69) is 0 Å². The molecule has 0 spiro atoms. The van der Waals surface area contributed by atoms with Crippen LogP contribution >= 0.6 is 46.4 Å². The Morgan fingerprint density at radius 3 is 1.48 bits per heavy atom. The number of halogens is 4. The lowest BCUT2D eigenvalue weighted by molar-refractivity contribution is 0.0907. The first-order chi connectivity index (χ1) is 27.5. The summed E-state index contributed by atoms with van der Waals surface area (Å²) < 4.78 is 60.9. The van der Waals surface area contributed by atoms with Gasteiger partial charge in [-0.1, -0.05) is 88.7 Å². The predicted octanol–water partition coefficient (Wildman–Crippen LogP) is 11.1. The number of nitrogens with zero attached hydrogens (tertiary/aromatic N) is 2. The summed E-state index contributed by atoms with van der Waals surface area (Å²) in [6.45, 7) is 7.59. The Balaban J connectivity index is 0.000000157. The van der Waals surface area contributed by atoms with Gasteiger partial charge in [0, 0.05) is 36.3 Å². The van der Waals surface area contributed by atoms with Gasteiger partial charge in [-0.25, -0.2) is 24.8 Å². The smallest absolute Gasteiger partial charge is 0.268 e. The molecular formula is C43H40Cl4N2O7S2. The molecule has 1 unspecified atom stereocenters. The zero-order valence-corrected chi connectivity index (χ0v) is 36.6. The minimum absolute atomic E-state index is 0.130. The lowest BCUT2D eigenvalue weighted by atomic mass is 9.87. The van der Waals surface area contributed by atoms with Crippen molar-refractivity contribution in [2.24, 2.45) is 5.92 Å². The van der Waals surface area contributed by atoms with Crippen molar-refractivity contribution in [3.63, 3.8) is 0 Å². The minimum Gasteiger partial charge on any atom is -0.381 e. The Bertz CT molecular complexity index is 2820. The number of carbonyl (C=O) groups excluding carboxylic acids is 2. The molecule has 9 rings (SSSR count). The van der Waals surface area contributed by atoms with Gasteiger partial charge in [-0.15, -0.1) is 0 Å². The number of fused-ring (bicyclic) bond motifs is 6. The molecule has 58 heavy (non-hydrogen) atoms. The van der Waals surface area contributed by atoms with Gasteiger partial charge in [0.1, 0.15) is 11.4 Å². The Hall–Kier alpha value is -3.68. The van der Waals surface area contributed by atoms with E-state index in [0.717, 1.165) is 32.3 Å². The van der Waals surface area contributed by atoms with Crippen molar-refractivity contribution >= 4 is 99.8 Å². The quantitative estimate of drug-likeness (QED) is 0.173. The molecule has 1 atom stereocenters. The van der Waals surface area contributed by atoms with Crippen LogP contribution in [-0.2, 0) is 37.6 Å². The molecule has 2 aliphatic carbocycles. The van der Waals surface area contributed by atoms with Crippen molar-refractivity contribution in [3.8, 4) is 0 Å². The Kier molecular flexibility index (Phi) is 12.3. The molecule has 0 N–H and O–H groups in total. The van der Waals surface area contributed by atoms with E-state index >= 15 is 0 Å². The molecule has 0 radical (unpaired) electrons. The number of hydrogen-bond acceptors (Lipinski definition) is 7. The van der Waals surface area contributed by atoms with E-state index in [9.17, 15) is 26.4 Å². The molecule has 0 amide bonds. The van der Waals surface area contributed by atoms with E-state index < -0.39 is 20.0 Å². The summed E-state index contributed by atoms with van der Waals surface area (Å²) >= 11 is 25.1. The largest absolute Gasteiger partial charge is 0.381 e. The zero-order chi connectivity index (χ0) is 41.7. The highest BCUT2D eigenvalue weighted by Gasteiger charge is 2.37. The average molecular weight is 903 g/mol. The number of aromatic nitrogens is 2. The molecular weight excluding hydrogens is 862 g/mol. The van der Waals surface area contributed by atoms with Crippen molar-refractivity contribution in [2.75, 3.05) is 13.2 Å². The normalized spacial score (nSPS) is 16.7. The molecule has 304 valence electrons. The molecule has 4 aromatic carbocycles. The highest BCUT2D eigenvalue weighted by Crippen LogP contribution is 2.43. The molecule has 2 aromatic heterocycles. The average Bonchev–Trinajstić information content (AvgIpc) is 3.96. The molecule has 15 heteroatoms. The molecule has 0 saturated carbocycles. The lowest BCUT2D eigenvalue weighted by Crippen LogP contribution is -2.26. The second-order valence-corrected chi connectivity index (χ2v) is 19.9. The summed E-state index contributed by atoms with van der Waals surface area (Å²) in [4.78, 5) is 25.9. The number of ketones is 2. The third-order valence-corrected chi connectivity index (χ3v) is 15.8. The van der Waals surface area contributed by atoms with Gasteiger partial charge in [-0.2, -0.15) is 0 Å². The van der Waals surface area contributed by atoms with E-state index in [4.69, 9.17) is 51.1 Å². The van der Waals surface area contributed by atoms with Gasteiger partial charge in [-0.05, 0) is 112 Å². The van der Waals surface area contributed by atoms with Crippen LogP contribution in [0.15, 0.2) is 82.6 Å². The molecule has 3 heterocycles. The highest BCUT2D eigenvalue weighted by atomic mass is 35.5. The number of aryl methyl sites for hydroxylation is 4. The molecule has 1 fully saturated rings. The SMILES string of the molecule is C1CCOC1.Cc1ccc(S(=O)(=O)n2c3c(c4c(Cl)c(Cl)ccc42)CCC(C)C3=O)cc1.Cc1ccc(S(=O)(=O)n2c3c(c4c(Cl)c(Cl)ccc42)CCCC3=O)cc1. The number of carbonyl (C=O) groups is 2. The third kappa shape index (κ3) is 7.64. The van der Waals surface area contributed by atoms with Crippen LogP contribution in [0.5, 0.6) is 0 Å². The van der Waals surface area contributed by atoms with Gasteiger partial charge in [0.2, 0.25) is 0 Å². The van der Waals surface area contributed by atoms with Gasteiger partial charge in [0.25, 0.3) is 20.0 Å². The van der Waals surface area contributed by atoms with E-state index in [1.807, 2.05) is 20.8 Å². The minimum atomic E-state index is -3.97. The topological polar surface area (TPSA) is 122 Å². The first-order valence-corrected chi connectivity index (χ1v) is 23.3. The monoisotopic (exact) mass is 900 g/mol. The fourth-order valence-corrected chi connectivity index (χ4v) is 11.6. The fourth-order valence-electron chi connectivity index (χ4n) is 7.64. The van der Waals surface area contributed by atoms with Gasteiger partial charge in [0.05, 0.1) is 40.9 Å². The van der Waals surface area contributed by atoms with Gasteiger partial charge >= 0.3 is 0 Å². The van der Waals surface area contributed by atoms with E-state index in [1.165, 1.54) is 12.8 Å². The van der Waals surface area contributed by atoms with Crippen LogP contribution in [0.4, 0.5) is 0 Å². The maximum atomic E-state index is 13.5. The van der Waals surface area contributed by atoms with Crippen molar-refractivity contribution < 1.29 is 31.2 Å². The van der Waals surface area contributed by atoms with Gasteiger partial charge < -0.3 is 4.74 Å². The van der Waals surface area contributed by atoms with Crippen LogP contribution in [0, 0.1) is 19.8 Å². The highest BCUT2D eigenvalue weighted by molar-refractivity contribution is 7.90. The number of hydrogen-bond donors (Lipinski definition) is 0. The maximum absolute atomic E-state index is 13.5. The van der Waals surface area contributed by atoms with Crippen molar-refractivity contribution in [2.45, 2.75) is 75.5 Å². The molecule has 6 aromatic rings. The summed E-state index contributed by atoms with van der Waals surface area (Å²) in [6, 6.07) is 19.5. The van der Waals surface area contributed by atoms with Gasteiger partial charge in [-0.3, -0.25) is 9.59 Å². The fraction of sp³-hybridized carbons (Fsp3) is 0.302. The van der Waals surface area contributed by atoms with Crippen molar-refractivity contribution in [1.29, 1.82) is 0 Å². The van der Waals surface area contributed by atoms with Crippen LogP contribution in [0.2, 0.25) is 20.1 Å². The van der Waals surface area contributed by atoms with E-state index in [0.29, 0.717) is 75.1 Å². The number of rotatable bonds is 4. The maximum Gasteiger partial charge on any atom is 0.268 e. The lowest BCUT2D eigenvalue weighted by Gasteiger charge is -2.20. The summed E-state index contributed by atoms with van der Waals surface area (Å²) in [6.07, 6.45) is 5.36. The standard InChI is InChI=1S/C20H17Cl2NO3S.C19H15Cl2NO3S.C4H8O/c1-11-3-6-13(7-4-11)27(25,26)23-16-10-9-15(21)18(22)17(16)14-8-5-12(2)20(24)19(14)23;1-11-5-7-12(8-6-11)26(24,25)22-15-10-9-14(20)18(21)17(15)13-3-2-4-16(23)19(13)22;1-2-4-5-3-1/h3-4,6-7,9-10,12H,5,8H2,1-2H3;5-10H,2-4H2,1H3;1-4H2. The number of Topliss-reactive ketones (excluding diaryl/α,β-unsaturated/α-hetero) is 2. The molecule has 1 aliphatic heterocycles. The van der Waals surface area contributed by atoms with Crippen LogP contribution in [0.25, 0.3) is 21.8 Å². The Labute approximate surface area is 357 Å². The zero-order valence-electron chi connectivity index (χ0n) is 32.0. The van der Waals surface area contributed by atoms with E-state index in [1.54, 1.807) is 72.8 Å². The Morgan fingerprint density at radius 2 is 1.03 bits per heavy atom. The van der Waals surface area contributed by atoms with E-state index in [-0.39, 0.29) is 48.7 Å². The second kappa shape index (κ2) is 16.8.